The highest BCUT2D eigenvalue weighted by atomic mass is 35.5. The third-order valence-corrected chi connectivity index (χ3v) is 2.97. The predicted octanol–water partition coefficient (Wildman–Crippen LogP) is 3.16. The summed E-state index contributed by atoms with van der Waals surface area (Å²) in [6.45, 7) is 1.52. The lowest BCUT2D eigenvalue weighted by Gasteiger charge is -2.28. The maximum Gasteiger partial charge on any atom is 0.136 e. The summed E-state index contributed by atoms with van der Waals surface area (Å²) in [6, 6.07) is 5.47. The summed E-state index contributed by atoms with van der Waals surface area (Å²) in [4.78, 5) is 13.2. The van der Waals surface area contributed by atoms with Crippen LogP contribution in [0.2, 0.25) is 10.0 Å². The predicted molar refractivity (Wildman–Crippen MR) is 62.9 cm³/mol. The van der Waals surface area contributed by atoms with Gasteiger partial charge in [0.1, 0.15) is 5.78 Å². The maximum atomic E-state index is 11.1. The van der Waals surface area contributed by atoms with Crippen molar-refractivity contribution in [3.63, 3.8) is 0 Å². The smallest absolute Gasteiger partial charge is 0.136 e. The Hall–Kier alpha value is -0.730. The molecule has 4 heteroatoms. The lowest BCUT2D eigenvalue weighted by Crippen LogP contribution is -2.33. The van der Waals surface area contributed by atoms with Crippen molar-refractivity contribution in [3.8, 4) is 0 Å². The van der Waals surface area contributed by atoms with E-state index >= 15 is 0 Å². The number of rotatable bonds is 1. The van der Waals surface area contributed by atoms with Gasteiger partial charge >= 0.3 is 0 Å². The Balaban J connectivity index is 2.18. The molecule has 0 bridgehead atoms. The van der Waals surface area contributed by atoms with Crippen molar-refractivity contribution in [3.05, 3.63) is 28.2 Å². The molecular formula is C11H11Cl2NO. The zero-order chi connectivity index (χ0) is 10.8. The molecule has 0 radical (unpaired) electrons. The molecule has 2 rings (SSSR count). The highest BCUT2D eigenvalue weighted by molar-refractivity contribution is 6.35. The van der Waals surface area contributed by atoms with Crippen LogP contribution >= 0.6 is 23.2 Å². The number of Topliss-reactive ketones (excluding diaryl/α,β-unsaturated/α-hetero) is 1. The maximum absolute atomic E-state index is 11.1. The van der Waals surface area contributed by atoms with E-state index in [1.165, 1.54) is 0 Å². The van der Waals surface area contributed by atoms with Gasteiger partial charge in [-0.2, -0.15) is 0 Å². The van der Waals surface area contributed by atoms with E-state index in [2.05, 4.69) is 4.90 Å². The van der Waals surface area contributed by atoms with Gasteiger partial charge in [0, 0.05) is 41.7 Å². The number of nitrogens with zero attached hydrogens (tertiary/aromatic N) is 1. The van der Waals surface area contributed by atoms with Gasteiger partial charge < -0.3 is 4.90 Å². The van der Waals surface area contributed by atoms with E-state index in [4.69, 9.17) is 23.2 Å². The molecule has 0 aliphatic carbocycles. The third kappa shape index (κ3) is 2.64. The van der Waals surface area contributed by atoms with Crippen LogP contribution in [0.15, 0.2) is 18.2 Å². The molecule has 0 amide bonds. The summed E-state index contributed by atoms with van der Waals surface area (Å²) in [5, 5.41) is 1.27. The quantitative estimate of drug-likeness (QED) is 0.756. The molecule has 0 saturated carbocycles. The Labute approximate surface area is 98.8 Å². The minimum atomic E-state index is 0.333. The van der Waals surface area contributed by atoms with Gasteiger partial charge in [-0.3, -0.25) is 4.79 Å². The first kappa shape index (κ1) is 10.8. The number of anilines is 1. The molecule has 0 unspecified atom stereocenters. The topological polar surface area (TPSA) is 20.3 Å². The standard InChI is InChI=1S/C11H11Cl2NO/c12-8-5-9(13)7-10(6-8)14-3-1-11(15)2-4-14/h5-7H,1-4H2. The average Bonchev–Trinajstić information content (AvgIpc) is 2.17. The fourth-order valence-electron chi connectivity index (χ4n) is 1.74. The van der Waals surface area contributed by atoms with E-state index in [-0.39, 0.29) is 0 Å². The molecule has 1 aromatic carbocycles. The number of halogens is 2. The summed E-state index contributed by atoms with van der Waals surface area (Å²) in [7, 11) is 0. The van der Waals surface area contributed by atoms with Crippen LogP contribution in [0, 0.1) is 0 Å². The van der Waals surface area contributed by atoms with Gasteiger partial charge in [-0.25, -0.2) is 0 Å². The molecule has 1 fully saturated rings. The van der Waals surface area contributed by atoms with E-state index < -0.39 is 0 Å². The van der Waals surface area contributed by atoms with Crippen LogP contribution < -0.4 is 4.90 Å². The number of hydrogen-bond acceptors (Lipinski definition) is 2. The molecule has 0 N–H and O–H groups in total. The van der Waals surface area contributed by atoms with Crippen LogP contribution in [0.3, 0.4) is 0 Å². The Morgan fingerprint density at radius 3 is 2.07 bits per heavy atom. The molecule has 1 aliphatic rings. The van der Waals surface area contributed by atoms with Crippen LogP contribution in [0.5, 0.6) is 0 Å². The SMILES string of the molecule is O=C1CCN(c2cc(Cl)cc(Cl)c2)CC1. The first-order valence-electron chi connectivity index (χ1n) is 4.88. The van der Waals surface area contributed by atoms with Gasteiger partial charge in [-0.15, -0.1) is 0 Å². The summed E-state index contributed by atoms with van der Waals surface area (Å²) in [5.41, 5.74) is 1.00. The van der Waals surface area contributed by atoms with Crippen LogP contribution in [0.1, 0.15) is 12.8 Å². The van der Waals surface area contributed by atoms with Crippen LogP contribution in [-0.2, 0) is 4.79 Å². The molecule has 1 heterocycles. The van der Waals surface area contributed by atoms with E-state index in [0.717, 1.165) is 18.8 Å². The Bertz CT molecular complexity index is 362. The number of benzene rings is 1. The molecule has 0 atom stereocenters. The number of carbonyl (C=O) groups is 1. The largest absolute Gasteiger partial charge is 0.371 e. The van der Waals surface area contributed by atoms with Crippen molar-refractivity contribution < 1.29 is 4.79 Å². The monoisotopic (exact) mass is 243 g/mol. The van der Waals surface area contributed by atoms with E-state index in [1.54, 1.807) is 6.07 Å². The second-order valence-corrected chi connectivity index (χ2v) is 4.53. The summed E-state index contributed by atoms with van der Waals surface area (Å²) in [6.07, 6.45) is 1.23. The zero-order valence-corrected chi connectivity index (χ0v) is 9.68. The molecule has 0 aromatic heterocycles. The van der Waals surface area contributed by atoms with Gasteiger partial charge in [0.05, 0.1) is 0 Å². The van der Waals surface area contributed by atoms with Crippen LogP contribution in [0.25, 0.3) is 0 Å². The summed E-state index contributed by atoms with van der Waals surface area (Å²) in [5.74, 6) is 0.333. The molecule has 2 nitrogen and oxygen atoms in total. The lowest BCUT2D eigenvalue weighted by atomic mass is 10.1. The zero-order valence-electron chi connectivity index (χ0n) is 8.17. The summed E-state index contributed by atoms with van der Waals surface area (Å²) < 4.78 is 0. The molecule has 1 aliphatic heterocycles. The third-order valence-electron chi connectivity index (χ3n) is 2.53. The van der Waals surface area contributed by atoms with Gasteiger partial charge in [-0.05, 0) is 18.2 Å². The minimum Gasteiger partial charge on any atom is -0.371 e. The van der Waals surface area contributed by atoms with Crippen LogP contribution in [-0.4, -0.2) is 18.9 Å². The average molecular weight is 244 g/mol. The Kier molecular flexibility index (Phi) is 3.17. The Morgan fingerprint density at radius 2 is 1.53 bits per heavy atom. The van der Waals surface area contributed by atoms with Crippen molar-refractivity contribution in [1.82, 2.24) is 0 Å². The first-order valence-corrected chi connectivity index (χ1v) is 5.63. The number of piperidine rings is 1. The highest BCUT2D eigenvalue weighted by Gasteiger charge is 2.16. The molecule has 15 heavy (non-hydrogen) atoms. The fourth-order valence-corrected chi connectivity index (χ4v) is 2.25. The fraction of sp³-hybridized carbons (Fsp3) is 0.364. The first-order chi connectivity index (χ1) is 7.15. The van der Waals surface area contributed by atoms with Crippen molar-refractivity contribution in [1.29, 1.82) is 0 Å². The highest BCUT2D eigenvalue weighted by Crippen LogP contribution is 2.26. The van der Waals surface area contributed by atoms with Crippen molar-refractivity contribution in [2.24, 2.45) is 0 Å². The summed E-state index contributed by atoms with van der Waals surface area (Å²) >= 11 is 11.8. The van der Waals surface area contributed by atoms with Gasteiger partial charge in [0.2, 0.25) is 0 Å². The van der Waals surface area contributed by atoms with Crippen molar-refractivity contribution >= 4 is 34.7 Å². The molecular weight excluding hydrogens is 233 g/mol. The van der Waals surface area contributed by atoms with Gasteiger partial charge in [0.15, 0.2) is 0 Å². The second-order valence-electron chi connectivity index (χ2n) is 3.65. The number of hydrogen-bond donors (Lipinski definition) is 0. The minimum absolute atomic E-state index is 0.333. The number of ketones is 1. The van der Waals surface area contributed by atoms with E-state index in [0.29, 0.717) is 28.7 Å². The molecule has 0 spiro atoms. The van der Waals surface area contributed by atoms with Crippen molar-refractivity contribution in [2.75, 3.05) is 18.0 Å². The van der Waals surface area contributed by atoms with Gasteiger partial charge in [0.25, 0.3) is 0 Å². The lowest BCUT2D eigenvalue weighted by molar-refractivity contribution is -0.119. The van der Waals surface area contributed by atoms with Gasteiger partial charge in [-0.1, -0.05) is 23.2 Å². The number of carbonyl (C=O) groups excluding carboxylic acids is 1. The second kappa shape index (κ2) is 4.42. The van der Waals surface area contributed by atoms with Crippen molar-refractivity contribution in [2.45, 2.75) is 12.8 Å². The molecule has 1 saturated heterocycles. The molecule has 80 valence electrons. The van der Waals surface area contributed by atoms with Crippen LogP contribution in [0.4, 0.5) is 5.69 Å². The Morgan fingerprint density at radius 1 is 1.00 bits per heavy atom. The molecule has 1 aromatic rings. The van der Waals surface area contributed by atoms with E-state index in [9.17, 15) is 4.79 Å². The normalized spacial score (nSPS) is 16.9. The van der Waals surface area contributed by atoms with E-state index in [1.807, 2.05) is 12.1 Å².